The van der Waals surface area contributed by atoms with Crippen molar-refractivity contribution in [3.8, 4) is 23.0 Å². The predicted octanol–water partition coefficient (Wildman–Crippen LogP) is 3.22. The van der Waals surface area contributed by atoms with Crippen molar-refractivity contribution in [3.05, 3.63) is 95.7 Å². The van der Waals surface area contributed by atoms with Crippen LogP contribution in [0.1, 0.15) is 28.4 Å². The Kier molecular flexibility index (Phi) is 9.09. The quantitative estimate of drug-likeness (QED) is 0.209. The van der Waals surface area contributed by atoms with Crippen molar-refractivity contribution in [3.63, 3.8) is 0 Å². The summed E-state index contributed by atoms with van der Waals surface area (Å²) in [5.74, 6) is -2.97. The van der Waals surface area contributed by atoms with Crippen LogP contribution in [0.3, 0.4) is 0 Å². The molecule has 228 valence electrons. The van der Waals surface area contributed by atoms with Crippen LogP contribution in [0.5, 0.6) is 11.6 Å². The predicted molar refractivity (Wildman–Crippen MR) is 156 cm³/mol. The number of carbonyl (C=O) groups excluding carboxylic acids is 2. The lowest BCUT2D eigenvalue weighted by Gasteiger charge is -2.27. The Hall–Kier alpha value is -4.98. The largest absolute Gasteiger partial charge is 0.496 e. The highest BCUT2D eigenvalue weighted by Gasteiger charge is 2.31. The summed E-state index contributed by atoms with van der Waals surface area (Å²) in [5, 5.41) is 23.1. The first kappa shape index (κ1) is 30.5. The molecule has 13 heteroatoms. The van der Waals surface area contributed by atoms with Crippen LogP contribution >= 0.6 is 0 Å². The number of ether oxygens (including phenoxy) is 2. The van der Waals surface area contributed by atoms with Gasteiger partial charge >= 0.3 is 5.97 Å². The zero-order valence-electron chi connectivity index (χ0n) is 23.5. The third-order valence-corrected chi connectivity index (χ3v) is 7.14. The van der Waals surface area contributed by atoms with Gasteiger partial charge in [0.25, 0.3) is 5.91 Å². The molecule has 1 aliphatic rings. The number of aliphatic hydroxyl groups is 2. The molecular weight excluding hydrogens is 576 g/mol. The summed E-state index contributed by atoms with van der Waals surface area (Å²) in [6.07, 6.45) is 0.0765. The van der Waals surface area contributed by atoms with Gasteiger partial charge in [0.2, 0.25) is 5.88 Å². The van der Waals surface area contributed by atoms with Gasteiger partial charge in [-0.05, 0) is 54.4 Å². The molecule has 4 aromatic rings. The summed E-state index contributed by atoms with van der Waals surface area (Å²) in [5.41, 5.74) is 7.05. The minimum Gasteiger partial charge on any atom is -0.496 e. The van der Waals surface area contributed by atoms with Crippen LogP contribution in [0.25, 0.3) is 11.4 Å². The molecule has 1 aliphatic heterocycles. The average molecular weight is 606 g/mol. The summed E-state index contributed by atoms with van der Waals surface area (Å²) < 4.78 is 39.0. The number of nitrogens with zero attached hydrogens (tertiary/aromatic N) is 3. The van der Waals surface area contributed by atoms with Crippen LogP contribution in [-0.4, -0.2) is 64.4 Å². The van der Waals surface area contributed by atoms with E-state index in [1.165, 1.54) is 80.0 Å². The zero-order chi connectivity index (χ0) is 31.4. The topological polar surface area (TPSA) is 160 Å². The molecule has 0 bridgehead atoms. The van der Waals surface area contributed by atoms with E-state index in [2.05, 4.69) is 15.3 Å². The lowest BCUT2D eigenvalue weighted by Crippen LogP contribution is -2.33. The summed E-state index contributed by atoms with van der Waals surface area (Å²) in [6.45, 7) is 0.277. The number of rotatable bonds is 9. The highest BCUT2D eigenvalue weighted by molar-refractivity contribution is 6.06. The van der Waals surface area contributed by atoms with Crippen molar-refractivity contribution in [2.45, 2.75) is 24.6 Å². The van der Waals surface area contributed by atoms with Crippen molar-refractivity contribution in [2.75, 3.05) is 30.5 Å². The number of benzene rings is 3. The molecule has 0 saturated carbocycles. The number of aromatic nitrogens is 2. The van der Waals surface area contributed by atoms with Crippen molar-refractivity contribution < 1.29 is 38.1 Å². The fraction of sp³-hybridized carbons (Fsp3) is 0.226. The molecule has 1 fully saturated rings. The molecule has 3 atom stereocenters. The van der Waals surface area contributed by atoms with Crippen LogP contribution in [0.15, 0.2) is 72.9 Å². The van der Waals surface area contributed by atoms with Gasteiger partial charge in [0.05, 0.1) is 36.7 Å². The van der Waals surface area contributed by atoms with E-state index < -0.39 is 29.6 Å². The molecule has 5 N–H and O–H groups in total. The highest BCUT2D eigenvalue weighted by atomic mass is 19.1. The van der Waals surface area contributed by atoms with Gasteiger partial charge < -0.3 is 35.6 Å². The molecule has 2 heterocycles. The summed E-state index contributed by atoms with van der Waals surface area (Å²) in [6, 6.07) is 14.5. The number of nitrogens with one attached hydrogen (secondary N) is 1. The van der Waals surface area contributed by atoms with Crippen LogP contribution in [-0.2, 0) is 4.79 Å². The third kappa shape index (κ3) is 6.49. The Labute approximate surface area is 250 Å². The molecule has 1 unspecified atom stereocenters. The minimum atomic E-state index is -1.74. The number of esters is 1. The SMILES string of the molecule is COc1cccc(F)c1-c1nccc(OC(=O)C(O)c2ccc(C(=O)Nc3cc(F)ccc3N3C[C@@H](N)C[C@H]3CO)cc2)n1. The number of aliphatic hydroxyl groups excluding tert-OH is 2. The number of hydrogen-bond donors (Lipinski definition) is 4. The van der Waals surface area contributed by atoms with E-state index in [1.807, 2.05) is 4.90 Å². The number of amides is 1. The van der Waals surface area contributed by atoms with Crippen molar-refractivity contribution in [1.29, 1.82) is 0 Å². The second-order valence-electron chi connectivity index (χ2n) is 10.1. The van der Waals surface area contributed by atoms with Gasteiger partial charge in [-0.2, -0.15) is 4.98 Å². The van der Waals surface area contributed by atoms with Crippen LogP contribution < -0.4 is 25.4 Å². The zero-order valence-corrected chi connectivity index (χ0v) is 23.5. The molecule has 0 aliphatic carbocycles. The summed E-state index contributed by atoms with van der Waals surface area (Å²) >= 11 is 0. The summed E-state index contributed by atoms with van der Waals surface area (Å²) in [4.78, 5) is 35.7. The lowest BCUT2D eigenvalue weighted by molar-refractivity contribution is -0.144. The van der Waals surface area contributed by atoms with Gasteiger partial charge in [-0.15, -0.1) is 0 Å². The number of halogens is 2. The Morgan fingerprint density at radius 2 is 1.91 bits per heavy atom. The maximum Gasteiger partial charge on any atom is 0.346 e. The molecule has 44 heavy (non-hydrogen) atoms. The fourth-order valence-corrected chi connectivity index (χ4v) is 5.00. The molecule has 1 saturated heterocycles. The Morgan fingerprint density at radius 3 is 2.64 bits per heavy atom. The van der Waals surface area contributed by atoms with E-state index in [-0.39, 0.29) is 58.5 Å². The highest BCUT2D eigenvalue weighted by Crippen LogP contribution is 2.33. The molecule has 1 aromatic heterocycles. The second kappa shape index (κ2) is 13.1. The van der Waals surface area contributed by atoms with Crippen molar-refractivity contribution >= 4 is 23.3 Å². The number of nitrogens with two attached hydrogens (primary N) is 1. The minimum absolute atomic E-state index is 0.0232. The molecule has 1 amide bonds. The van der Waals surface area contributed by atoms with E-state index >= 15 is 0 Å². The van der Waals surface area contributed by atoms with Gasteiger partial charge in [-0.25, -0.2) is 18.6 Å². The molecule has 0 spiro atoms. The molecular formula is C31H29F2N5O6. The number of anilines is 2. The van der Waals surface area contributed by atoms with Gasteiger partial charge in [0.15, 0.2) is 11.9 Å². The Morgan fingerprint density at radius 1 is 1.14 bits per heavy atom. The van der Waals surface area contributed by atoms with E-state index in [9.17, 15) is 28.6 Å². The number of hydrogen-bond acceptors (Lipinski definition) is 10. The molecule has 11 nitrogen and oxygen atoms in total. The lowest BCUT2D eigenvalue weighted by atomic mass is 10.1. The third-order valence-electron chi connectivity index (χ3n) is 7.14. The summed E-state index contributed by atoms with van der Waals surface area (Å²) in [7, 11) is 1.37. The standard InChI is InChI=1S/C31H29F2N5O6/c1-43-25-4-2-3-22(33)27(25)29-35-12-11-26(37-29)44-31(42)28(40)17-5-7-18(8-6-17)30(41)36-23-13-19(32)9-10-24(23)38-15-20(34)14-21(38)16-39/h2-13,20-21,28,39-40H,14-16,34H2,1H3,(H,36,41)/t20-,21-,28?/m0/s1. The second-order valence-corrected chi connectivity index (χ2v) is 10.1. The Bertz CT molecular complexity index is 1670. The first-order valence-electron chi connectivity index (χ1n) is 13.6. The van der Waals surface area contributed by atoms with Crippen LogP contribution in [0.4, 0.5) is 20.2 Å². The molecule has 0 radical (unpaired) electrons. The molecule has 5 rings (SSSR count). The maximum absolute atomic E-state index is 14.5. The smallest absolute Gasteiger partial charge is 0.346 e. The van der Waals surface area contributed by atoms with E-state index in [0.29, 0.717) is 18.7 Å². The van der Waals surface area contributed by atoms with Crippen molar-refractivity contribution in [1.82, 2.24) is 9.97 Å². The first-order valence-corrected chi connectivity index (χ1v) is 13.6. The normalized spacial score (nSPS) is 16.8. The first-order chi connectivity index (χ1) is 21.2. The van der Waals surface area contributed by atoms with Crippen LogP contribution in [0, 0.1) is 11.6 Å². The number of carbonyl (C=O) groups is 2. The van der Waals surface area contributed by atoms with Crippen molar-refractivity contribution in [2.24, 2.45) is 5.73 Å². The van der Waals surface area contributed by atoms with E-state index in [1.54, 1.807) is 0 Å². The van der Waals surface area contributed by atoms with Gasteiger partial charge in [-0.1, -0.05) is 18.2 Å². The molecule has 3 aromatic carbocycles. The van der Waals surface area contributed by atoms with E-state index in [0.717, 1.165) is 0 Å². The van der Waals surface area contributed by atoms with Gasteiger partial charge in [0.1, 0.15) is 17.4 Å². The van der Waals surface area contributed by atoms with Gasteiger partial charge in [0, 0.05) is 30.4 Å². The monoisotopic (exact) mass is 605 g/mol. The average Bonchev–Trinajstić information content (AvgIpc) is 3.40. The fourth-order valence-electron chi connectivity index (χ4n) is 5.00. The van der Waals surface area contributed by atoms with Gasteiger partial charge in [-0.3, -0.25) is 4.79 Å². The number of methoxy groups -OCH3 is 1. The van der Waals surface area contributed by atoms with Crippen LogP contribution in [0.2, 0.25) is 0 Å². The maximum atomic E-state index is 14.5. The van der Waals surface area contributed by atoms with E-state index in [4.69, 9.17) is 15.2 Å². The Balaban J connectivity index is 1.28.